The van der Waals surface area contributed by atoms with Gasteiger partial charge < -0.3 is 14.8 Å². The minimum atomic E-state index is -0.242. The van der Waals surface area contributed by atoms with Gasteiger partial charge in [0.1, 0.15) is 0 Å². The zero-order valence-corrected chi connectivity index (χ0v) is 15.9. The molecule has 1 N–H and O–H groups in total. The highest BCUT2D eigenvalue weighted by atomic mass is 32.2. The topological polar surface area (TPSA) is 82.5 Å². The molecular weight excluding hydrogens is 378 g/mol. The third-order valence-electron chi connectivity index (χ3n) is 4.14. The Kier molecular flexibility index (Phi) is 5.03. The lowest BCUT2D eigenvalue weighted by Gasteiger charge is -2.11. The minimum Gasteiger partial charge on any atom is -0.454 e. The molecule has 0 atom stereocenters. The van der Waals surface area contributed by atoms with Crippen molar-refractivity contribution >= 4 is 29.1 Å². The van der Waals surface area contributed by atoms with Crippen molar-refractivity contribution in [1.29, 1.82) is 0 Å². The summed E-state index contributed by atoms with van der Waals surface area (Å²) in [7, 11) is 0. The van der Waals surface area contributed by atoms with Crippen LogP contribution in [0.3, 0.4) is 0 Å². The van der Waals surface area contributed by atoms with Gasteiger partial charge in [0.15, 0.2) is 22.4 Å². The Morgan fingerprint density at radius 3 is 2.68 bits per heavy atom. The summed E-state index contributed by atoms with van der Waals surface area (Å²) in [5.74, 6) is 0.750. The van der Waals surface area contributed by atoms with E-state index in [0.717, 1.165) is 5.69 Å². The van der Waals surface area contributed by atoms with E-state index >= 15 is 0 Å². The van der Waals surface area contributed by atoms with Crippen molar-refractivity contribution in [2.24, 2.45) is 0 Å². The van der Waals surface area contributed by atoms with Crippen LogP contribution in [0.1, 0.15) is 17.3 Å². The molecule has 0 unspecified atom stereocenters. The van der Waals surface area contributed by atoms with Gasteiger partial charge in [-0.3, -0.25) is 14.2 Å². The van der Waals surface area contributed by atoms with E-state index in [1.807, 2.05) is 41.1 Å². The Balaban J connectivity index is 1.47. The smallest absolute Gasteiger partial charge is 0.234 e. The van der Waals surface area contributed by atoms with E-state index in [1.165, 1.54) is 18.7 Å². The molecule has 8 heteroatoms. The fraction of sp³-hybridized carbons (Fsp3) is 0.150. The SMILES string of the molecule is CC(=O)c1cc2c(cc1NC(=O)CSc1nccn1-c1ccccc1)OCO2. The highest BCUT2D eigenvalue weighted by molar-refractivity contribution is 7.99. The van der Waals surface area contributed by atoms with Gasteiger partial charge in [0.25, 0.3) is 0 Å². The largest absolute Gasteiger partial charge is 0.454 e. The molecule has 3 aromatic rings. The number of nitrogens with zero attached hydrogens (tertiary/aromatic N) is 2. The third kappa shape index (κ3) is 3.72. The van der Waals surface area contributed by atoms with Crippen LogP contribution in [0.15, 0.2) is 60.0 Å². The van der Waals surface area contributed by atoms with E-state index in [4.69, 9.17) is 9.47 Å². The van der Waals surface area contributed by atoms with Gasteiger partial charge in [0, 0.05) is 29.7 Å². The van der Waals surface area contributed by atoms with Crippen LogP contribution in [-0.4, -0.2) is 33.8 Å². The van der Waals surface area contributed by atoms with E-state index in [1.54, 1.807) is 18.3 Å². The number of nitrogens with one attached hydrogen (secondary N) is 1. The number of hydrogen-bond acceptors (Lipinski definition) is 6. The Hall–Kier alpha value is -3.26. The van der Waals surface area contributed by atoms with Crippen LogP contribution in [0.4, 0.5) is 5.69 Å². The summed E-state index contributed by atoms with van der Waals surface area (Å²) < 4.78 is 12.6. The second-order valence-electron chi connectivity index (χ2n) is 6.06. The van der Waals surface area contributed by atoms with Gasteiger partial charge in [-0.25, -0.2) is 4.98 Å². The van der Waals surface area contributed by atoms with Crippen LogP contribution in [-0.2, 0) is 4.79 Å². The molecule has 0 bridgehead atoms. The molecule has 142 valence electrons. The van der Waals surface area contributed by atoms with Crippen molar-refractivity contribution in [3.05, 3.63) is 60.4 Å². The number of Topliss-reactive ketones (excluding diaryl/α,β-unsaturated/α-hetero) is 1. The summed E-state index contributed by atoms with van der Waals surface area (Å²) in [5, 5.41) is 3.50. The number of carbonyl (C=O) groups excluding carboxylic acids is 2. The number of anilines is 1. The Labute approximate surface area is 165 Å². The normalized spacial score (nSPS) is 12.0. The van der Waals surface area contributed by atoms with E-state index in [9.17, 15) is 9.59 Å². The van der Waals surface area contributed by atoms with Gasteiger partial charge in [-0.05, 0) is 25.1 Å². The molecule has 28 heavy (non-hydrogen) atoms. The van der Waals surface area contributed by atoms with Gasteiger partial charge >= 0.3 is 0 Å². The number of fused-ring (bicyclic) bond motifs is 1. The molecule has 2 heterocycles. The number of carbonyl (C=O) groups is 2. The predicted molar refractivity (Wildman–Crippen MR) is 105 cm³/mol. The number of para-hydroxylation sites is 1. The molecule has 1 aliphatic heterocycles. The Morgan fingerprint density at radius 1 is 1.18 bits per heavy atom. The van der Waals surface area contributed by atoms with E-state index in [0.29, 0.717) is 27.9 Å². The molecule has 0 spiro atoms. The summed E-state index contributed by atoms with van der Waals surface area (Å²) in [4.78, 5) is 28.7. The average molecular weight is 395 g/mol. The maximum atomic E-state index is 12.5. The first-order chi connectivity index (χ1) is 13.6. The molecule has 7 nitrogen and oxygen atoms in total. The lowest BCUT2D eigenvalue weighted by molar-refractivity contribution is -0.113. The maximum absolute atomic E-state index is 12.5. The van der Waals surface area contributed by atoms with Crippen LogP contribution in [0.5, 0.6) is 11.5 Å². The fourth-order valence-corrected chi connectivity index (χ4v) is 3.61. The van der Waals surface area contributed by atoms with Crippen molar-refractivity contribution in [2.75, 3.05) is 17.9 Å². The number of benzene rings is 2. The molecule has 0 radical (unpaired) electrons. The van der Waals surface area contributed by atoms with Crippen LogP contribution in [0, 0.1) is 0 Å². The van der Waals surface area contributed by atoms with Gasteiger partial charge in [0.05, 0.1) is 11.4 Å². The molecule has 1 amide bonds. The van der Waals surface area contributed by atoms with Crippen molar-refractivity contribution in [3.63, 3.8) is 0 Å². The second-order valence-corrected chi connectivity index (χ2v) is 7.00. The van der Waals surface area contributed by atoms with E-state index in [-0.39, 0.29) is 24.2 Å². The Morgan fingerprint density at radius 2 is 1.93 bits per heavy atom. The summed E-state index contributed by atoms with van der Waals surface area (Å²) >= 11 is 1.31. The number of thioether (sulfide) groups is 1. The van der Waals surface area contributed by atoms with Gasteiger partial charge in [-0.1, -0.05) is 30.0 Å². The summed E-state index contributed by atoms with van der Waals surface area (Å²) in [6.45, 7) is 1.54. The highest BCUT2D eigenvalue weighted by Crippen LogP contribution is 2.37. The molecule has 4 rings (SSSR count). The summed E-state index contributed by atoms with van der Waals surface area (Å²) in [5.41, 5.74) is 1.76. The first-order valence-corrected chi connectivity index (χ1v) is 9.56. The number of aromatic nitrogens is 2. The quantitative estimate of drug-likeness (QED) is 0.508. The fourth-order valence-electron chi connectivity index (χ4n) is 2.83. The second kappa shape index (κ2) is 7.77. The lowest BCUT2D eigenvalue weighted by atomic mass is 10.1. The molecule has 1 aromatic heterocycles. The first-order valence-electron chi connectivity index (χ1n) is 8.58. The molecule has 2 aromatic carbocycles. The van der Waals surface area contributed by atoms with Gasteiger partial charge in [0.2, 0.25) is 12.7 Å². The molecule has 0 aliphatic carbocycles. The van der Waals surface area contributed by atoms with Crippen LogP contribution in [0.2, 0.25) is 0 Å². The number of ketones is 1. The van der Waals surface area contributed by atoms with Crippen molar-refractivity contribution < 1.29 is 19.1 Å². The lowest BCUT2D eigenvalue weighted by Crippen LogP contribution is -2.16. The van der Waals surface area contributed by atoms with Crippen molar-refractivity contribution in [1.82, 2.24) is 9.55 Å². The number of ether oxygens (including phenoxy) is 2. The highest BCUT2D eigenvalue weighted by Gasteiger charge is 2.20. The van der Waals surface area contributed by atoms with E-state index in [2.05, 4.69) is 10.3 Å². The molecular formula is C20H17N3O4S. The number of amides is 1. The molecule has 0 fully saturated rings. The predicted octanol–water partition coefficient (Wildman–Crippen LogP) is 3.53. The van der Waals surface area contributed by atoms with Crippen LogP contribution < -0.4 is 14.8 Å². The zero-order chi connectivity index (χ0) is 19.5. The minimum absolute atomic E-state index is 0.0993. The van der Waals surface area contributed by atoms with Crippen molar-refractivity contribution in [2.45, 2.75) is 12.1 Å². The number of imidazole rings is 1. The standard InChI is InChI=1S/C20H17N3O4S/c1-13(24)15-9-17-18(27-12-26-17)10-16(15)22-19(25)11-28-20-21-7-8-23(20)14-5-3-2-4-6-14/h2-10H,11-12H2,1H3,(H,22,25). The number of rotatable bonds is 6. The van der Waals surface area contributed by atoms with Crippen molar-refractivity contribution in [3.8, 4) is 17.2 Å². The number of hydrogen-bond donors (Lipinski definition) is 1. The molecule has 0 saturated carbocycles. The maximum Gasteiger partial charge on any atom is 0.234 e. The van der Waals surface area contributed by atoms with E-state index < -0.39 is 0 Å². The van der Waals surface area contributed by atoms with Gasteiger partial charge in [-0.15, -0.1) is 0 Å². The van der Waals surface area contributed by atoms with Crippen LogP contribution >= 0.6 is 11.8 Å². The van der Waals surface area contributed by atoms with Crippen LogP contribution in [0.25, 0.3) is 5.69 Å². The molecule has 0 saturated heterocycles. The first kappa shape index (κ1) is 18.1. The van der Waals surface area contributed by atoms with Gasteiger partial charge in [-0.2, -0.15) is 0 Å². The Bertz CT molecular complexity index is 1030. The summed E-state index contributed by atoms with van der Waals surface area (Å²) in [6.07, 6.45) is 3.54. The summed E-state index contributed by atoms with van der Waals surface area (Å²) in [6, 6.07) is 13.0. The average Bonchev–Trinajstić information content (AvgIpc) is 3.35. The monoisotopic (exact) mass is 395 g/mol. The zero-order valence-electron chi connectivity index (χ0n) is 15.0. The third-order valence-corrected chi connectivity index (χ3v) is 5.11. The molecule has 1 aliphatic rings.